The van der Waals surface area contributed by atoms with Gasteiger partial charge in [-0.3, -0.25) is 4.79 Å². The van der Waals surface area contributed by atoms with E-state index in [1.807, 2.05) is 6.92 Å². The molecule has 0 saturated carbocycles. The van der Waals surface area contributed by atoms with E-state index in [-0.39, 0.29) is 11.3 Å². The van der Waals surface area contributed by atoms with E-state index in [2.05, 4.69) is 17.1 Å². The third kappa shape index (κ3) is 4.00. The van der Waals surface area contributed by atoms with Gasteiger partial charge in [-0.15, -0.1) is 11.6 Å². The van der Waals surface area contributed by atoms with E-state index in [0.717, 1.165) is 26.1 Å². The highest BCUT2D eigenvalue weighted by Gasteiger charge is 2.22. The summed E-state index contributed by atoms with van der Waals surface area (Å²) in [7, 11) is 0. The number of hydrogen-bond donors (Lipinski definition) is 1. The lowest BCUT2D eigenvalue weighted by molar-refractivity contribution is 0.0918. The zero-order valence-electron chi connectivity index (χ0n) is 12.2. The second-order valence-corrected chi connectivity index (χ2v) is 6.14. The van der Waals surface area contributed by atoms with Gasteiger partial charge in [0.25, 0.3) is 5.91 Å². The van der Waals surface area contributed by atoms with Crippen molar-refractivity contribution >= 4 is 17.5 Å². The van der Waals surface area contributed by atoms with E-state index < -0.39 is 0 Å². The summed E-state index contributed by atoms with van der Waals surface area (Å²) in [5.74, 6) is 1.37. The van der Waals surface area contributed by atoms with Gasteiger partial charge in [-0.05, 0) is 50.9 Å². The Balaban J connectivity index is 1.77. The lowest BCUT2D eigenvalue weighted by Gasteiger charge is -2.14. The highest BCUT2D eigenvalue weighted by Crippen LogP contribution is 2.21. The molecule has 5 heteroatoms. The summed E-state index contributed by atoms with van der Waals surface area (Å²) in [5.41, 5.74) is 0. The number of hydrogen-bond acceptors (Lipinski definition) is 3. The molecule has 0 radical (unpaired) electrons. The molecule has 2 heterocycles. The van der Waals surface area contributed by atoms with Crippen molar-refractivity contribution in [1.29, 1.82) is 0 Å². The Morgan fingerprint density at radius 2 is 2.40 bits per heavy atom. The van der Waals surface area contributed by atoms with Crippen LogP contribution in [0.15, 0.2) is 16.5 Å². The van der Waals surface area contributed by atoms with Crippen LogP contribution in [0.25, 0.3) is 0 Å². The second kappa shape index (κ2) is 7.14. The predicted octanol–water partition coefficient (Wildman–Crippen LogP) is 3.04. The summed E-state index contributed by atoms with van der Waals surface area (Å²) in [5, 5.41) is 2.74. The lowest BCUT2D eigenvalue weighted by atomic mass is 10.1. The molecule has 1 amide bonds. The van der Waals surface area contributed by atoms with Crippen LogP contribution < -0.4 is 5.32 Å². The molecular weight excluding hydrogens is 276 g/mol. The summed E-state index contributed by atoms with van der Waals surface area (Å²) in [4.78, 5) is 14.4. The van der Waals surface area contributed by atoms with Gasteiger partial charge in [-0.25, -0.2) is 0 Å². The molecule has 1 aromatic heterocycles. The van der Waals surface area contributed by atoms with Crippen LogP contribution in [-0.2, 0) is 0 Å². The van der Waals surface area contributed by atoms with Crippen molar-refractivity contribution in [3.8, 4) is 0 Å². The molecule has 2 atom stereocenters. The van der Waals surface area contributed by atoms with Crippen LogP contribution in [0.5, 0.6) is 0 Å². The number of amides is 1. The van der Waals surface area contributed by atoms with Gasteiger partial charge in [0, 0.05) is 13.1 Å². The summed E-state index contributed by atoms with van der Waals surface area (Å²) in [6, 6.07) is 3.44. The van der Waals surface area contributed by atoms with Crippen LogP contribution in [0.2, 0.25) is 0 Å². The van der Waals surface area contributed by atoms with E-state index >= 15 is 0 Å². The number of nitrogens with zero attached hydrogens (tertiary/aromatic N) is 1. The molecule has 0 bridgehead atoms. The summed E-state index contributed by atoms with van der Waals surface area (Å²) >= 11 is 5.92. The molecule has 4 nitrogen and oxygen atoms in total. The minimum atomic E-state index is -0.214. The third-order valence-electron chi connectivity index (χ3n) is 3.70. The monoisotopic (exact) mass is 298 g/mol. The van der Waals surface area contributed by atoms with Crippen LogP contribution in [-0.4, -0.2) is 37.0 Å². The van der Waals surface area contributed by atoms with Crippen molar-refractivity contribution < 1.29 is 9.21 Å². The van der Waals surface area contributed by atoms with Gasteiger partial charge in [0.2, 0.25) is 0 Å². The topological polar surface area (TPSA) is 45.5 Å². The number of halogens is 1. The van der Waals surface area contributed by atoms with Crippen molar-refractivity contribution in [3.63, 3.8) is 0 Å². The first-order valence-corrected chi connectivity index (χ1v) is 7.78. The average molecular weight is 299 g/mol. The van der Waals surface area contributed by atoms with Crippen LogP contribution in [0, 0.1) is 5.92 Å². The molecule has 1 aromatic rings. The second-order valence-electron chi connectivity index (χ2n) is 5.48. The Hall–Kier alpha value is -1.00. The first-order chi connectivity index (χ1) is 9.60. The van der Waals surface area contributed by atoms with E-state index in [0.29, 0.717) is 24.0 Å². The Bertz CT molecular complexity index is 445. The highest BCUT2D eigenvalue weighted by atomic mass is 35.5. The van der Waals surface area contributed by atoms with E-state index in [4.69, 9.17) is 16.0 Å². The zero-order valence-corrected chi connectivity index (χ0v) is 12.9. The molecule has 2 rings (SSSR count). The molecule has 1 fully saturated rings. The SMILES string of the molecule is CCCN1CCC(CNC(=O)c2ccc(C(C)Cl)o2)C1. The number of carbonyl (C=O) groups excluding carboxylic acids is 1. The standard InChI is InChI=1S/C15H23ClN2O2/c1-3-7-18-8-6-12(10-18)9-17-15(19)14-5-4-13(20-14)11(2)16/h4-5,11-12H,3,6-10H2,1-2H3,(H,17,19). The first-order valence-electron chi connectivity index (χ1n) is 7.34. The summed E-state index contributed by atoms with van der Waals surface area (Å²) in [6.07, 6.45) is 2.34. The molecule has 0 aromatic carbocycles. The van der Waals surface area contributed by atoms with Crippen molar-refractivity contribution in [1.82, 2.24) is 10.2 Å². The fraction of sp³-hybridized carbons (Fsp3) is 0.667. The quantitative estimate of drug-likeness (QED) is 0.821. The molecule has 1 N–H and O–H groups in total. The molecule has 0 aliphatic carbocycles. The zero-order chi connectivity index (χ0) is 14.5. The van der Waals surface area contributed by atoms with Gasteiger partial charge >= 0.3 is 0 Å². The van der Waals surface area contributed by atoms with Crippen LogP contribution in [0.1, 0.15) is 48.4 Å². The number of carbonyl (C=O) groups is 1. The van der Waals surface area contributed by atoms with Crippen molar-refractivity contribution in [2.45, 2.75) is 32.1 Å². The number of rotatable bonds is 6. The third-order valence-corrected chi connectivity index (χ3v) is 3.92. The van der Waals surface area contributed by atoms with Crippen LogP contribution in [0.3, 0.4) is 0 Å². The summed E-state index contributed by atoms with van der Waals surface area (Å²) in [6.45, 7) is 8.11. The van der Waals surface area contributed by atoms with Gasteiger partial charge in [0.15, 0.2) is 5.76 Å². The Morgan fingerprint density at radius 3 is 3.05 bits per heavy atom. The fourth-order valence-electron chi connectivity index (χ4n) is 2.61. The molecule has 0 spiro atoms. The van der Waals surface area contributed by atoms with Gasteiger partial charge in [-0.1, -0.05) is 6.92 Å². The van der Waals surface area contributed by atoms with Crippen molar-refractivity contribution in [2.75, 3.05) is 26.2 Å². The smallest absolute Gasteiger partial charge is 0.287 e. The molecule has 20 heavy (non-hydrogen) atoms. The first kappa shape index (κ1) is 15.4. The van der Waals surface area contributed by atoms with Gasteiger partial charge in [0.1, 0.15) is 5.76 Å². The molecule has 1 aliphatic heterocycles. The maximum atomic E-state index is 12.0. The normalized spacial score (nSPS) is 21.1. The van der Waals surface area contributed by atoms with Crippen molar-refractivity contribution in [2.24, 2.45) is 5.92 Å². The lowest BCUT2D eigenvalue weighted by Crippen LogP contribution is -2.31. The van der Waals surface area contributed by atoms with Gasteiger partial charge < -0.3 is 14.6 Å². The number of furan rings is 1. The minimum Gasteiger partial charge on any atom is -0.454 e. The van der Waals surface area contributed by atoms with E-state index in [1.54, 1.807) is 12.1 Å². The Labute approximate surface area is 125 Å². The van der Waals surface area contributed by atoms with Crippen LogP contribution >= 0.6 is 11.6 Å². The largest absolute Gasteiger partial charge is 0.454 e. The predicted molar refractivity (Wildman–Crippen MR) is 80.1 cm³/mol. The number of likely N-dealkylation sites (tertiary alicyclic amines) is 1. The maximum absolute atomic E-state index is 12.0. The van der Waals surface area contributed by atoms with E-state index in [9.17, 15) is 4.79 Å². The molecule has 112 valence electrons. The molecular formula is C15H23ClN2O2. The maximum Gasteiger partial charge on any atom is 0.287 e. The van der Waals surface area contributed by atoms with Gasteiger partial charge in [-0.2, -0.15) is 0 Å². The Kier molecular flexibility index (Phi) is 5.49. The van der Waals surface area contributed by atoms with E-state index in [1.165, 1.54) is 6.42 Å². The molecule has 1 aliphatic rings. The summed E-state index contributed by atoms with van der Waals surface area (Å²) < 4.78 is 5.43. The fourth-order valence-corrected chi connectivity index (χ4v) is 2.73. The van der Waals surface area contributed by atoms with Crippen molar-refractivity contribution in [3.05, 3.63) is 23.7 Å². The highest BCUT2D eigenvalue weighted by molar-refractivity contribution is 6.20. The van der Waals surface area contributed by atoms with Gasteiger partial charge in [0.05, 0.1) is 5.38 Å². The Morgan fingerprint density at radius 1 is 1.60 bits per heavy atom. The average Bonchev–Trinajstić information content (AvgIpc) is 3.05. The minimum absolute atomic E-state index is 0.150. The van der Waals surface area contributed by atoms with Crippen LogP contribution in [0.4, 0.5) is 0 Å². The number of alkyl halides is 1. The molecule has 1 saturated heterocycles. The molecule has 2 unspecified atom stereocenters. The number of nitrogens with one attached hydrogen (secondary N) is 1.